The number of amidine groups is 1. The van der Waals surface area contributed by atoms with Crippen LogP contribution in [0.5, 0.6) is 0 Å². The number of nitrogens with one attached hydrogen (secondary N) is 1. The highest BCUT2D eigenvalue weighted by Crippen LogP contribution is 2.20. The van der Waals surface area contributed by atoms with Crippen molar-refractivity contribution in [2.75, 3.05) is 5.32 Å². The molecule has 0 atom stereocenters. The van der Waals surface area contributed by atoms with E-state index >= 15 is 0 Å². The van der Waals surface area contributed by atoms with E-state index in [4.69, 9.17) is 22.5 Å². The van der Waals surface area contributed by atoms with E-state index in [1.165, 1.54) is 12.1 Å². The Bertz CT molecular complexity index is 689. The molecule has 110 valence electrons. The lowest BCUT2D eigenvalue weighted by atomic mass is 10.1. The Morgan fingerprint density at radius 2 is 2.10 bits per heavy atom. The van der Waals surface area contributed by atoms with E-state index in [2.05, 4.69) is 10.5 Å². The summed E-state index contributed by atoms with van der Waals surface area (Å²) in [4.78, 5) is 0. The molecule has 0 unspecified atom stereocenters. The standard InChI is InChI=1S/C15H15ClFN3O/c1-9-2-3-13(7-14(9)16)19-8-10-4-11(15(18)20-21)6-12(17)5-10/h2-7,19,21H,8H2,1H3,(H2,18,20). The summed E-state index contributed by atoms with van der Waals surface area (Å²) in [6, 6.07) is 9.85. The van der Waals surface area contributed by atoms with Gasteiger partial charge in [0.05, 0.1) is 0 Å². The van der Waals surface area contributed by atoms with Crippen molar-refractivity contribution in [2.45, 2.75) is 13.5 Å². The van der Waals surface area contributed by atoms with Crippen molar-refractivity contribution in [3.05, 3.63) is 63.9 Å². The van der Waals surface area contributed by atoms with E-state index < -0.39 is 5.82 Å². The van der Waals surface area contributed by atoms with Crippen molar-refractivity contribution >= 4 is 23.1 Å². The number of benzene rings is 2. The second-order valence-electron chi connectivity index (χ2n) is 4.65. The van der Waals surface area contributed by atoms with E-state index in [0.717, 1.165) is 11.3 Å². The first-order valence-corrected chi connectivity index (χ1v) is 6.65. The maximum absolute atomic E-state index is 13.5. The molecule has 0 aliphatic carbocycles. The average molecular weight is 308 g/mol. The molecule has 0 heterocycles. The Morgan fingerprint density at radius 3 is 2.76 bits per heavy atom. The summed E-state index contributed by atoms with van der Waals surface area (Å²) in [5.41, 5.74) is 8.30. The quantitative estimate of drug-likeness (QED) is 0.350. The maximum atomic E-state index is 13.5. The Kier molecular flexibility index (Phi) is 4.65. The number of hydrogen-bond acceptors (Lipinski definition) is 3. The molecule has 0 aromatic heterocycles. The van der Waals surface area contributed by atoms with E-state index in [-0.39, 0.29) is 5.84 Å². The summed E-state index contributed by atoms with van der Waals surface area (Å²) in [7, 11) is 0. The van der Waals surface area contributed by atoms with Crippen molar-refractivity contribution in [2.24, 2.45) is 10.9 Å². The Morgan fingerprint density at radius 1 is 1.33 bits per heavy atom. The van der Waals surface area contributed by atoms with Crippen LogP contribution >= 0.6 is 11.6 Å². The molecular formula is C15H15ClFN3O. The number of hydrogen-bond donors (Lipinski definition) is 3. The molecule has 6 heteroatoms. The summed E-state index contributed by atoms with van der Waals surface area (Å²) >= 11 is 6.05. The summed E-state index contributed by atoms with van der Waals surface area (Å²) in [6.07, 6.45) is 0. The number of rotatable bonds is 4. The Balaban J connectivity index is 2.16. The van der Waals surface area contributed by atoms with Gasteiger partial charge in [0.25, 0.3) is 0 Å². The molecule has 0 saturated carbocycles. The summed E-state index contributed by atoms with van der Waals surface area (Å²) in [6.45, 7) is 2.31. The van der Waals surface area contributed by atoms with Crippen LogP contribution in [-0.4, -0.2) is 11.0 Å². The lowest BCUT2D eigenvalue weighted by molar-refractivity contribution is 0.318. The molecule has 4 nitrogen and oxygen atoms in total. The van der Waals surface area contributed by atoms with Crippen LogP contribution in [0.2, 0.25) is 5.02 Å². The molecule has 21 heavy (non-hydrogen) atoms. The topological polar surface area (TPSA) is 70.6 Å². The van der Waals surface area contributed by atoms with Crippen LogP contribution in [0.4, 0.5) is 10.1 Å². The zero-order chi connectivity index (χ0) is 15.4. The molecule has 0 amide bonds. The number of anilines is 1. The highest BCUT2D eigenvalue weighted by Gasteiger charge is 2.05. The van der Waals surface area contributed by atoms with Gasteiger partial charge in [-0.05, 0) is 48.4 Å². The second kappa shape index (κ2) is 6.45. The second-order valence-corrected chi connectivity index (χ2v) is 5.06. The van der Waals surface area contributed by atoms with E-state index in [9.17, 15) is 4.39 Å². The lowest BCUT2D eigenvalue weighted by Crippen LogP contribution is -2.14. The Hall–Kier alpha value is -2.27. The molecule has 0 aliphatic heterocycles. The molecule has 2 aromatic rings. The highest BCUT2D eigenvalue weighted by molar-refractivity contribution is 6.31. The van der Waals surface area contributed by atoms with Gasteiger partial charge in [-0.3, -0.25) is 0 Å². The molecule has 4 N–H and O–H groups in total. The van der Waals surface area contributed by atoms with Gasteiger partial charge in [0.1, 0.15) is 5.82 Å². The van der Waals surface area contributed by atoms with Gasteiger partial charge in [0.15, 0.2) is 5.84 Å². The van der Waals surface area contributed by atoms with Gasteiger partial charge in [0.2, 0.25) is 0 Å². The average Bonchev–Trinajstić information content (AvgIpc) is 2.47. The summed E-state index contributed by atoms with van der Waals surface area (Å²) in [5, 5.41) is 15.3. The van der Waals surface area contributed by atoms with Crippen molar-refractivity contribution < 1.29 is 9.60 Å². The van der Waals surface area contributed by atoms with Crippen LogP contribution in [0.3, 0.4) is 0 Å². The van der Waals surface area contributed by atoms with Crippen LogP contribution in [0.1, 0.15) is 16.7 Å². The largest absolute Gasteiger partial charge is 0.409 e. The van der Waals surface area contributed by atoms with Gasteiger partial charge in [0, 0.05) is 22.8 Å². The molecule has 0 fully saturated rings. The minimum atomic E-state index is -0.446. The highest BCUT2D eigenvalue weighted by atomic mass is 35.5. The smallest absolute Gasteiger partial charge is 0.170 e. The third kappa shape index (κ3) is 3.86. The van der Waals surface area contributed by atoms with Crippen LogP contribution in [0.15, 0.2) is 41.6 Å². The number of halogens is 2. The monoisotopic (exact) mass is 307 g/mol. The first kappa shape index (κ1) is 15.1. The molecule has 0 aliphatic rings. The summed E-state index contributed by atoms with van der Waals surface area (Å²) < 4.78 is 13.5. The number of nitrogens with zero attached hydrogens (tertiary/aromatic N) is 1. The predicted molar refractivity (Wildman–Crippen MR) is 82.4 cm³/mol. The van der Waals surface area contributed by atoms with Crippen LogP contribution in [0.25, 0.3) is 0 Å². The molecule has 0 saturated heterocycles. The van der Waals surface area contributed by atoms with Gasteiger partial charge >= 0.3 is 0 Å². The third-order valence-electron chi connectivity index (χ3n) is 3.03. The zero-order valence-corrected chi connectivity index (χ0v) is 12.2. The minimum Gasteiger partial charge on any atom is -0.409 e. The van der Waals surface area contributed by atoms with Crippen LogP contribution < -0.4 is 11.1 Å². The van der Waals surface area contributed by atoms with E-state index in [1.807, 2.05) is 19.1 Å². The third-order valence-corrected chi connectivity index (χ3v) is 3.44. The normalized spacial score (nSPS) is 11.5. The maximum Gasteiger partial charge on any atom is 0.170 e. The number of aryl methyl sites for hydroxylation is 1. The predicted octanol–water partition coefficient (Wildman–Crippen LogP) is 3.49. The Labute approximate surface area is 127 Å². The van der Waals surface area contributed by atoms with Crippen LogP contribution in [0, 0.1) is 12.7 Å². The lowest BCUT2D eigenvalue weighted by Gasteiger charge is -2.09. The van der Waals surface area contributed by atoms with Crippen molar-refractivity contribution in [1.29, 1.82) is 0 Å². The van der Waals surface area contributed by atoms with Gasteiger partial charge in [-0.25, -0.2) is 4.39 Å². The first-order valence-electron chi connectivity index (χ1n) is 6.27. The van der Waals surface area contributed by atoms with Crippen molar-refractivity contribution in [3.63, 3.8) is 0 Å². The SMILES string of the molecule is Cc1ccc(NCc2cc(F)cc(/C(N)=N/O)c2)cc1Cl. The number of oxime groups is 1. The fourth-order valence-corrected chi connectivity index (χ4v) is 2.05. The molecular weight excluding hydrogens is 293 g/mol. The van der Waals surface area contributed by atoms with Crippen molar-refractivity contribution in [3.8, 4) is 0 Å². The fourth-order valence-electron chi connectivity index (χ4n) is 1.87. The van der Waals surface area contributed by atoms with Gasteiger partial charge in [-0.2, -0.15) is 0 Å². The molecule has 0 bridgehead atoms. The van der Waals surface area contributed by atoms with Crippen molar-refractivity contribution in [1.82, 2.24) is 0 Å². The fraction of sp³-hybridized carbons (Fsp3) is 0.133. The summed E-state index contributed by atoms with van der Waals surface area (Å²) in [5.74, 6) is -0.577. The molecule has 2 rings (SSSR count). The van der Waals surface area contributed by atoms with E-state index in [0.29, 0.717) is 22.7 Å². The molecule has 2 aromatic carbocycles. The minimum absolute atomic E-state index is 0.130. The number of nitrogens with two attached hydrogens (primary N) is 1. The van der Waals surface area contributed by atoms with Gasteiger partial charge in [-0.1, -0.05) is 22.8 Å². The van der Waals surface area contributed by atoms with E-state index in [1.54, 1.807) is 12.1 Å². The molecule has 0 spiro atoms. The molecule has 0 radical (unpaired) electrons. The van der Waals surface area contributed by atoms with Gasteiger partial charge in [-0.15, -0.1) is 0 Å². The van der Waals surface area contributed by atoms with Gasteiger partial charge < -0.3 is 16.3 Å². The van der Waals surface area contributed by atoms with Crippen LogP contribution in [-0.2, 0) is 6.54 Å². The zero-order valence-electron chi connectivity index (χ0n) is 11.4. The first-order chi connectivity index (χ1) is 9.99.